The third-order valence-electron chi connectivity index (χ3n) is 7.30. The van der Waals surface area contributed by atoms with Gasteiger partial charge in [0.1, 0.15) is 0 Å². The average molecular weight is 461 g/mol. The van der Waals surface area contributed by atoms with Gasteiger partial charge in [-0.05, 0) is 58.7 Å². The van der Waals surface area contributed by atoms with Gasteiger partial charge >= 0.3 is 0 Å². The van der Waals surface area contributed by atoms with Gasteiger partial charge in [-0.3, -0.25) is 0 Å². The van der Waals surface area contributed by atoms with E-state index in [-0.39, 0.29) is 0 Å². The number of aromatic nitrogens is 2. The number of benzene rings is 5. The van der Waals surface area contributed by atoms with E-state index in [4.69, 9.17) is 9.97 Å². The van der Waals surface area contributed by atoms with Gasteiger partial charge in [-0.25, -0.2) is 9.97 Å². The minimum Gasteiger partial charge on any atom is -0.245 e. The fourth-order valence-electron chi connectivity index (χ4n) is 5.49. The predicted molar refractivity (Wildman–Crippen MR) is 152 cm³/mol. The summed E-state index contributed by atoms with van der Waals surface area (Å²) in [6, 6.07) is 38.7. The maximum absolute atomic E-state index is 5.26. The molecule has 0 fully saturated rings. The fourth-order valence-corrected chi connectivity index (χ4v) is 5.49. The quantitative estimate of drug-likeness (QED) is 0.241. The Bertz CT molecular complexity index is 1810. The van der Waals surface area contributed by atoms with E-state index >= 15 is 0 Å². The van der Waals surface area contributed by atoms with Gasteiger partial charge in [-0.1, -0.05) is 97.1 Å². The molecule has 0 aliphatic carbocycles. The Balaban J connectivity index is 1.54. The molecule has 0 amide bonds. The molecule has 0 saturated carbocycles. The van der Waals surface area contributed by atoms with Crippen LogP contribution in [-0.4, -0.2) is 9.97 Å². The summed E-state index contributed by atoms with van der Waals surface area (Å²) in [7, 11) is 0. The molecule has 2 nitrogen and oxygen atoms in total. The lowest BCUT2D eigenvalue weighted by atomic mass is 9.97. The van der Waals surface area contributed by atoms with Crippen LogP contribution in [0.5, 0.6) is 0 Å². The maximum atomic E-state index is 5.26. The molecule has 170 valence electrons. The van der Waals surface area contributed by atoms with E-state index in [1.807, 2.05) is 0 Å². The molecule has 5 aromatic carbocycles. The van der Waals surface area contributed by atoms with Crippen LogP contribution in [0, 0.1) is 13.8 Å². The Morgan fingerprint density at radius 2 is 0.833 bits per heavy atom. The van der Waals surface area contributed by atoms with Crippen molar-refractivity contribution in [2.24, 2.45) is 0 Å². The largest absolute Gasteiger partial charge is 0.245 e. The van der Waals surface area contributed by atoms with Crippen LogP contribution in [0.4, 0.5) is 0 Å². The lowest BCUT2D eigenvalue weighted by Gasteiger charge is -2.14. The summed E-state index contributed by atoms with van der Waals surface area (Å²) in [5.74, 6) is 0. The van der Waals surface area contributed by atoms with Gasteiger partial charge in [0.05, 0.1) is 22.4 Å². The topological polar surface area (TPSA) is 25.8 Å². The highest BCUT2D eigenvalue weighted by atomic mass is 14.8. The second-order valence-electron chi connectivity index (χ2n) is 9.56. The van der Waals surface area contributed by atoms with Crippen molar-refractivity contribution in [3.8, 4) is 22.5 Å². The van der Waals surface area contributed by atoms with Crippen molar-refractivity contribution in [2.45, 2.75) is 13.8 Å². The summed E-state index contributed by atoms with van der Waals surface area (Å²) in [5, 5.41) is 7.17. The first-order valence-electron chi connectivity index (χ1n) is 12.4. The van der Waals surface area contributed by atoms with Crippen LogP contribution in [0.25, 0.3) is 65.9 Å². The monoisotopic (exact) mass is 460 g/mol. The van der Waals surface area contributed by atoms with Gasteiger partial charge in [-0.15, -0.1) is 0 Å². The van der Waals surface area contributed by atoms with E-state index in [0.717, 1.165) is 44.3 Å². The first-order chi connectivity index (χ1) is 17.7. The first-order valence-corrected chi connectivity index (χ1v) is 12.4. The minimum atomic E-state index is 0.959. The van der Waals surface area contributed by atoms with Crippen LogP contribution in [0.15, 0.2) is 109 Å². The van der Waals surface area contributed by atoms with Crippen molar-refractivity contribution in [1.82, 2.24) is 9.97 Å². The second-order valence-corrected chi connectivity index (χ2v) is 9.56. The van der Waals surface area contributed by atoms with E-state index in [1.165, 1.54) is 32.7 Å². The van der Waals surface area contributed by atoms with Gasteiger partial charge in [0.25, 0.3) is 0 Å². The standard InChI is InChI=1S/C34H24N2/c1-21-19-31(29-15-7-11-23-9-3-5-13-27(23)29)35-33-25(21)17-18-26-22(2)20-32(36-34(26)33)30-16-8-12-24-10-4-6-14-28(24)30/h3-20H,1-2H3. The van der Waals surface area contributed by atoms with Gasteiger partial charge < -0.3 is 0 Å². The Kier molecular flexibility index (Phi) is 4.62. The fraction of sp³-hybridized carbons (Fsp3) is 0.0588. The summed E-state index contributed by atoms with van der Waals surface area (Å²) in [5.41, 5.74) is 8.61. The van der Waals surface area contributed by atoms with Crippen LogP contribution in [0.2, 0.25) is 0 Å². The summed E-state index contributed by atoms with van der Waals surface area (Å²) >= 11 is 0. The molecule has 0 saturated heterocycles. The lowest BCUT2D eigenvalue weighted by molar-refractivity contribution is 1.33. The third kappa shape index (κ3) is 3.19. The molecule has 7 aromatic rings. The average Bonchev–Trinajstić information content (AvgIpc) is 2.92. The van der Waals surface area contributed by atoms with Crippen LogP contribution in [0.1, 0.15) is 11.1 Å². The van der Waals surface area contributed by atoms with Gasteiger partial charge in [0, 0.05) is 21.9 Å². The number of aryl methyl sites for hydroxylation is 2. The maximum Gasteiger partial charge on any atom is 0.0975 e. The molecule has 0 unspecified atom stereocenters. The summed E-state index contributed by atoms with van der Waals surface area (Å²) < 4.78 is 0. The molecule has 0 atom stereocenters. The van der Waals surface area contributed by atoms with Crippen LogP contribution >= 0.6 is 0 Å². The molecule has 0 bridgehead atoms. The Morgan fingerprint density at radius 3 is 1.31 bits per heavy atom. The molecule has 2 heteroatoms. The second kappa shape index (κ2) is 8.00. The van der Waals surface area contributed by atoms with E-state index in [2.05, 4.69) is 123 Å². The van der Waals surface area contributed by atoms with Crippen molar-refractivity contribution in [1.29, 1.82) is 0 Å². The number of hydrogen-bond acceptors (Lipinski definition) is 2. The SMILES string of the molecule is Cc1cc(-c2cccc3ccccc23)nc2c1ccc1c(C)cc(-c3cccc4ccccc34)nc12. The normalized spacial score (nSPS) is 11.6. The van der Waals surface area contributed by atoms with Gasteiger partial charge in [0.2, 0.25) is 0 Å². The molecule has 7 rings (SSSR count). The molecule has 0 aliphatic heterocycles. The zero-order valence-electron chi connectivity index (χ0n) is 20.3. The molecule has 0 radical (unpaired) electrons. The Morgan fingerprint density at radius 1 is 0.417 bits per heavy atom. The number of pyridine rings is 2. The highest BCUT2D eigenvalue weighted by Crippen LogP contribution is 2.35. The van der Waals surface area contributed by atoms with Crippen molar-refractivity contribution in [3.05, 3.63) is 120 Å². The van der Waals surface area contributed by atoms with Gasteiger partial charge in [0.15, 0.2) is 0 Å². The van der Waals surface area contributed by atoms with Gasteiger partial charge in [-0.2, -0.15) is 0 Å². The van der Waals surface area contributed by atoms with Crippen molar-refractivity contribution in [3.63, 3.8) is 0 Å². The van der Waals surface area contributed by atoms with Crippen LogP contribution in [-0.2, 0) is 0 Å². The molecule has 2 aromatic heterocycles. The first kappa shape index (κ1) is 20.8. The smallest absolute Gasteiger partial charge is 0.0975 e. The minimum absolute atomic E-state index is 0.959. The van der Waals surface area contributed by atoms with E-state index in [1.54, 1.807) is 0 Å². The highest BCUT2D eigenvalue weighted by Gasteiger charge is 2.14. The van der Waals surface area contributed by atoms with Crippen LogP contribution < -0.4 is 0 Å². The molecule has 36 heavy (non-hydrogen) atoms. The molecule has 0 N–H and O–H groups in total. The molecule has 0 spiro atoms. The highest BCUT2D eigenvalue weighted by molar-refractivity contribution is 6.08. The number of rotatable bonds is 2. The molecule has 0 aliphatic rings. The van der Waals surface area contributed by atoms with Crippen LogP contribution in [0.3, 0.4) is 0 Å². The zero-order valence-corrected chi connectivity index (χ0v) is 20.3. The Hall–Kier alpha value is -4.56. The number of fused-ring (bicyclic) bond motifs is 5. The zero-order chi connectivity index (χ0) is 24.2. The Labute approximate surface area is 209 Å². The molecular weight excluding hydrogens is 436 g/mol. The molecule has 2 heterocycles. The van der Waals surface area contributed by atoms with E-state index < -0.39 is 0 Å². The predicted octanol–water partition coefficient (Wildman–Crippen LogP) is 9.04. The third-order valence-corrected chi connectivity index (χ3v) is 7.30. The number of hydrogen-bond donors (Lipinski definition) is 0. The summed E-state index contributed by atoms with van der Waals surface area (Å²) in [4.78, 5) is 10.5. The van der Waals surface area contributed by atoms with Crippen molar-refractivity contribution >= 4 is 43.4 Å². The van der Waals surface area contributed by atoms with Crippen molar-refractivity contribution in [2.75, 3.05) is 0 Å². The summed E-state index contributed by atoms with van der Waals surface area (Å²) in [6.45, 7) is 4.35. The number of nitrogens with zero attached hydrogens (tertiary/aromatic N) is 2. The molecular formula is C34H24N2. The van der Waals surface area contributed by atoms with E-state index in [9.17, 15) is 0 Å². The van der Waals surface area contributed by atoms with E-state index in [0.29, 0.717) is 0 Å². The van der Waals surface area contributed by atoms with Crippen molar-refractivity contribution < 1.29 is 0 Å². The summed E-state index contributed by atoms with van der Waals surface area (Å²) in [6.07, 6.45) is 0. The lowest BCUT2D eigenvalue weighted by Crippen LogP contribution is -1.95.